The Hall–Kier alpha value is -3.55. The first kappa shape index (κ1) is 24.6. The summed E-state index contributed by atoms with van der Waals surface area (Å²) in [5, 5.41) is 14.5. The SMILES string of the molecule is CC(=O)Nc1ccc(CCS(=O)(=O)N2CCC3(CC2)N=C(c2ccc(C#N)cc2)NC3=O)c(C)c1. The number of carbonyl (C=O) groups is 2. The zero-order valence-corrected chi connectivity index (χ0v) is 20.5. The lowest BCUT2D eigenvalue weighted by Gasteiger charge is -2.34. The quantitative estimate of drug-likeness (QED) is 0.636. The molecule has 2 N–H and O–H groups in total. The van der Waals surface area contributed by atoms with Gasteiger partial charge in [0.05, 0.1) is 17.4 Å². The summed E-state index contributed by atoms with van der Waals surface area (Å²) >= 11 is 0. The van der Waals surface area contributed by atoms with Crippen LogP contribution in [0.3, 0.4) is 0 Å². The van der Waals surface area contributed by atoms with E-state index in [1.165, 1.54) is 11.2 Å². The summed E-state index contributed by atoms with van der Waals surface area (Å²) in [4.78, 5) is 28.7. The van der Waals surface area contributed by atoms with Crippen LogP contribution in [0.25, 0.3) is 0 Å². The molecular formula is C25H27N5O4S. The molecule has 2 amide bonds. The molecule has 1 saturated heterocycles. The Labute approximate surface area is 204 Å². The number of carbonyl (C=O) groups excluding carboxylic acids is 2. The van der Waals surface area contributed by atoms with Crippen LogP contribution in [0.15, 0.2) is 47.5 Å². The highest BCUT2D eigenvalue weighted by Crippen LogP contribution is 2.32. The van der Waals surface area contributed by atoms with Crippen molar-refractivity contribution in [2.75, 3.05) is 24.2 Å². The molecule has 0 radical (unpaired) electrons. The van der Waals surface area contributed by atoms with Crippen LogP contribution in [0.2, 0.25) is 0 Å². The highest BCUT2D eigenvalue weighted by Gasteiger charge is 2.47. The van der Waals surface area contributed by atoms with Crippen LogP contribution < -0.4 is 10.6 Å². The van der Waals surface area contributed by atoms with E-state index in [2.05, 4.69) is 21.7 Å². The van der Waals surface area contributed by atoms with Gasteiger partial charge in [-0.2, -0.15) is 5.26 Å². The minimum absolute atomic E-state index is 0.0354. The van der Waals surface area contributed by atoms with Crippen molar-refractivity contribution in [1.29, 1.82) is 5.26 Å². The Balaban J connectivity index is 1.39. The fourth-order valence-corrected chi connectivity index (χ4v) is 5.93. The molecule has 4 rings (SSSR count). The van der Waals surface area contributed by atoms with E-state index in [4.69, 9.17) is 5.26 Å². The minimum Gasteiger partial charge on any atom is -0.326 e. The lowest BCUT2D eigenvalue weighted by atomic mass is 9.89. The molecule has 0 saturated carbocycles. The molecule has 1 spiro atoms. The minimum atomic E-state index is -3.51. The third-order valence-corrected chi connectivity index (χ3v) is 8.38. The van der Waals surface area contributed by atoms with Crippen molar-refractivity contribution in [3.8, 4) is 6.07 Å². The van der Waals surface area contributed by atoms with E-state index < -0.39 is 15.6 Å². The van der Waals surface area contributed by atoms with Gasteiger partial charge < -0.3 is 10.6 Å². The van der Waals surface area contributed by atoms with E-state index in [1.54, 1.807) is 30.3 Å². The van der Waals surface area contributed by atoms with Gasteiger partial charge in [0.25, 0.3) is 5.91 Å². The smallest absolute Gasteiger partial charge is 0.253 e. The number of nitrogens with one attached hydrogen (secondary N) is 2. The van der Waals surface area contributed by atoms with Gasteiger partial charge in [-0.15, -0.1) is 0 Å². The monoisotopic (exact) mass is 493 g/mol. The number of piperidine rings is 1. The molecule has 0 aliphatic carbocycles. The van der Waals surface area contributed by atoms with Gasteiger partial charge in [-0.1, -0.05) is 6.07 Å². The molecule has 2 aliphatic rings. The molecule has 2 aliphatic heterocycles. The van der Waals surface area contributed by atoms with Crippen LogP contribution in [-0.4, -0.2) is 54.8 Å². The van der Waals surface area contributed by atoms with E-state index in [0.717, 1.165) is 11.1 Å². The summed E-state index contributed by atoms with van der Waals surface area (Å²) < 4.78 is 27.5. The number of hydrogen-bond donors (Lipinski definition) is 2. The molecule has 9 nitrogen and oxygen atoms in total. The van der Waals surface area contributed by atoms with Crippen LogP contribution >= 0.6 is 0 Å². The molecule has 1 fully saturated rings. The maximum atomic E-state index is 13.0. The topological polar surface area (TPSA) is 132 Å². The van der Waals surface area contributed by atoms with E-state index in [1.807, 2.05) is 19.1 Å². The number of nitrogens with zero attached hydrogens (tertiary/aromatic N) is 3. The molecule has 0 bridgehead atoms. The molecule has 0 aromatic heterocycles. The van der Waals surface area contributed by atoms with Crippen molar-refractivity contribution in [2.45, 2.75) is 38.6 Å². The van der Waals surface area contributed by atoms with E-state index in [9.17, 15) is 18.0 Å². The second-order valence-corrected chi connectivity index (χ2v) is 11.0. The molecular weight excluding hydrogens is 466 g/mol. The largest absolute Gasteiger partial charge is 0.326 e. The summed E-state index contributed by atoms with van der Waals surface area (Å²) in [6.07, 6.45) is 0.974. The number of nitriles is 1. The fourth-order valence-electron chi connectivity index (χ4n) is 4.45. The zero-order valence-electron chi connectivity index (χ0n) is 19.7. The number of anilines is 1. The second-order valence-electron chi connectivity index (χ2n) is 8.92. The van der Waals surface area contributed by atoms with Gasteiger partial charge in [0.15, 0.2) is 0 Å². The van der Waals surface area contributed by atoms with Gasteiger partial charge in [-0.25, -0.2) is 12.7 Å². The predicted octanol–water partition coefficient (Wildman–Crippen LogP) is 2.11. The maximum Gasteiger partial charge on any atom is 0.253 e. The van der Waals surface area contributed by atoms with Crippen LogP contribution in [0, 0.1) is 18.3 Å². The van der Waals surface area contributed by atoms with Gasteiger partial charge in [0.2, 0.25) is 15.9 Å². The number of rotatable bonds is 6. The van der Waals surface area contributed by atoms with Gasteiger partial charge in [-0.05, 0) is 73.7 Å². The Bertz CT molecular complexity index is 1330. The molecule has 0 atom stereocenters. The summed E-state index contributed by atoms with van der Waals surface area (Å²) in [7, 11) is -3.51. The molecule has 35 heavy (non-hydrogen) atoms. The number of aliphatic imine (C=N–C) groups is 1. The lowest BCUT2D eigenvalue weighted by molar-refractivity contribution is -0.125. The highest BCUT2D eigenvalue weighted by atomic mass is 32.2. The second kappa shape index (κ2) is 9.60. The molecule has 182 valence electrons. The molecule has 2 aromatic rings. The zero-order chi connectivity index (χ0) is 25.2. The van der Waals surface area contributed by atoms with Gasteiger partial charge >= 0.3 is 0 Å². The van der Waals surface area contributed by atoms with Crippen molar-refractivity contribution in [2.24, 2.45) is 4.99 Å². The Morgan fingerprint density at radius 2 is 1.89 bits per heavy atom. The van der Waals surface area contributed by atoms with Crippen LogP contribution in [0.5, 0.6) is 0 Å². The fraction of sp³-hybridized carbons (Fsp3) is 0.360. The Morgan fingerprint density at radius 1 is 1.20 bits per heavy atom. The molecule has 2 heterocycles. The molecule has 2 aromatic carbocycles. The predicted molar refractivity (Wildman–Crippen MR) is 132 cm³/mol. The molecule has 10 heteroatoms. The first-order valence-electron chi connectivity index (χ1n) is 11.4. The number of hydrogen-bond acceptors (Lipinski definition) is 6. The first-order valence-corrected chi connectivity index (χ1v) is 13.0. The average Bonchev–Trinajstić information content (AvgIpc) is 3.14. The van der Waals surface area contributed by atoms with Crippen molar-refractivity contribution >= 4 is 33.4 Å². The summed E-state index contributed by atoms with van der Waals surface area (Å²) in [5.41, 5.74) is 2.76. The summed E-state index contributed by atoms with van der Waals surface area (Å²) in [5.74, 6) is 0.0383. The average molecular weight is 494 g/mol. The van der Waals surface area contributed by atoms with E-state index in [-0.39, 0.29) is 30.7 Å². The van der Waals surface area contributed by atoms with Gasteiger partial charge in [-0.3, -0.25) is 14.6 Å². The van der Waals surface area contributed by atoms with Crippen molar-refractivity contribution in [3.63, 3.8) is 0 Å². The maximum absolute atomic E-state index is 13.0. The van der Waals surface area contributed by atoms with Crippen molar-refractivity contribution in [3.05, 3.63) is 64.7 Å². The Morgan fingerprint density at radius 3 is 2.49 bits per heavy atom. The number of aryl methyl sites for hydroxylation is 2. The van der Waals surface area contributed by atoms with Gasteiger partial charge in [0, 0.05) is 31.3 Å². The summed E-state index contributed by atoms with van der Waals surface area (Å²) in [6, 6.07) is 14.3. The van der Waals surface area contributed by atoms with Crippen molar-refractivity contribution < 1.29 is 18.0 Å². The van der Waals surface area contributed by atoms with Crippen molar-refractivity contribution in [1.82, 2.24) is 9.62 Å². The third kappa shape index (κ3) is 5.26. The van der Waals surface area contributed by atoms with Crippen LogP contribution in [-0.2, 0) is 26.0 Å². The first-order chi connectivity index (χ1) is 16.6. The number of amidine groups is 1. The van der Waals surface area contributed by atoms with Gasteiger partial charge in [0.1, 0.15) is 11.4 Å². The highest BCUT2D eigenvalue weighted by molar-refractivity contribution is 7.89. The number of sulfonamides is 1. The number of amides is 2. The lowest BCUT2D eigenvalue weighted by Crippen LogP contribution is -2.50. The molecule has 0 unspecified atom stereocenters. The normalized spacial score (nSPS) is 17.5. The number of benzene rings is 2. The standard InChI is InChI=1S/C25H27N5O4S/c1-17-15-22(27-18(2)31)8-7-20(17)9-14-35(33,34)30-12-10-25(11-13-30)24(32)28-23(29-25)21-5-3-19(16-26)4-6-21/h3-8,15H,9-14H2,1-2H3,(H,27,31)(H,28,29,32). The van der Waals surface area contributed by atoms with Crippen LogP contribution in [0.4, 0.5) is 5.69 Å². The van der Waals surface area contributed by atoms with E-state index >= 15 is 0 Å². The Kier molecular flexibility index (Phi) is 6.74. The van der Waals surface area contributed by atoms with Crippen LogP contribution in [0.1, 0.15) is 42.0 Å². The summed E-state index contributed by atoms with van der Waals surface area (Å²) in [6.45, 7) is 3.77. The third-order valence-electron chi connectivity index (χ3n) is 6.50. The van der Waals surface area contributed by atoms with E-state index in [0.29, 0.717) is 41.9 Å².